The first-order valence-corrected chi connectivity index (χ1v) is 9.46. The molecular weight excluding hydrogens is 403 g/mol. The predicted molar refractivity (Wildman–Crippen MR) is 98.5 cm³/mol. The normalized spacial score (nSPS) is 21.8. The van der Waals surface area contributed by atoms with E-state index in [0.717, 1.165) is 0 Å². The number of hydrogen-bond donors (Lipinski definition) is 1. The third-order valence-electron chi connectivity index (χ3n) is 5.74. The molecule has 30 heavy (non-hydrogen) atoms. The molecule has 0 aliphatic carbocycles. The number of carbonyl (C=O) groups is 1. The van der Waals surface area contributed by atoms with E-state index in [-0.39, 0.29) is 42.6 Å². The molecule has 5 rings (SSSR count). The number of fused-ring (bicyclic) bond motifs is 3. The molecule has 0 aromatic carbocycles. The average Bonchev–Trinajstić information content (AvgIpc) is 3.26. The molecule has 2 unspecified atom stereocenters. The summed E-state index contributed by atoms with van der Waals surface area (Å²) in [6, 6.07) is 2.84. The molecule has 1 amide bonds. The van der Waals surface area contributed by atoms with E-state index < -0.39 is 12.7 Å². The van der Waals surface area contributed by atoms with Crippen molar-refractivity contribution in [2.75, 3.05) is 19.6 Å². The number of nitrogens with one attached hydrogen (secondary N) is 1. The van der Waals surface area contributed by atoms with Gasteiger partial charge in [0, 0.05) is 31.4 Å². The second kappa shape index (κ2) is 6.42. The quantitative estimate of drug-likeness (QED) is 0.681. The van der Waals surface area contributed by atoms with Crippen LogP contribution in [0.4, 0.5) is 13.2 Å². The van der Waals surface area contributed by atoms with Crippen molar-refractivity contribution in [3.8, 4) is 5.95 Å². The highest BCUT2D eigenvalue weighted by Crippen LogP contribution is 2.35. The number of H-pyrrole nitrogens is 1. The fourth-order valence-corrected chi connectivity index (χ4v) is 4.41. The maximum absolute atomic E-state index is 13.1. The molecule has 1 N–H and O–H groups in total. The van der Waals surface area contributed by atoms with Gasteiger partial charge in [-0.3, -0.25) is 19.5 Å². The first kappa shape index (κ1) is 18.9. The van der Waals surface area contributed by atoms with Crippen LogP contribution >= 0.6 is 0 Å². The zero-order valence-electron chi connectivity index (χ0n) is 15.9. The van der Waals surface area contributed by atoms with Crippen LogP contribution in [-0.4, -0.2) is 78.0 Å². The maximum Gasteiger partial charge on any atom is 0.401 e. The molecule has 5 heterocycles. The van der Waals surface area contributed by atoms with Crippen LogP contribution in [0.1, 0.15) is 22.5 Å². The lowest BCUT2D eigenvalue weighted by Gasteiger charge is -2.56. The van der Waals surface area contributed by atoms with Gasteiger partial charge < -0.3 is 4.90 Å². The van der Waals surface area contributed by atoms with Crippen LogP contribution < -0.4 is 5.56 Å². The van der Waals surface area contributed by atoms with Gasteiger partial charge in [0.15, 0.2) is 0 Å². The van der Waals surface area contributed by atoms with Crippen LogP contribution in [0.25, 0.3) is 11.5 Å². The highest BCUT2D eigenvalue weighted by atomic mass is 19.4. The van der Waals surface area contributed by atoms with Crippen LogP contribution in [0, 0.1) is 6.92 Å². The van der Waals surface area contributed by atoms with Gasteiger partial charge in [0.2, 0.25) is 5.95 Å². The highest BCUT2D eigenvalue weighted by molar-refractivity contribution is 5.96. The van der Waals surface area contributed by atoms with Crippen molar-refractivity contribution in [3.05, 3.63) is 46.1 Å². The summed E-state index contributed by atoms with van der Waals surface area (Å²) >= 11 is 0. The Labute approximate surface area is 167 Å². The Morgan fingerprint density at radius 3 is 2.73 bits per heavy atom. The van der Waals surface area contributed by atoms with E-state index in [2.05, 4.69) is 15.2 Å². The first-order valence-electron chi connectivity index (χ1n) is 9.46. The molecule has 2 atom stereocenters. The van der Waals surface area contributed by atoms with Crippen molar-refractivity contribution in [1.82, 2.24) is 34.2 Å². The summed E-state index contributed by atoms with van der Waals surface area (Å²) in [7, 11) is 0. The lowest BCUT2D eigenvalue weighted by atomic mass is 9.86. The highest BCUT2D eigenvalue weighted by Gasteiger charge is 2.49. The summed E-state index contributed by atoms with van der Waals surface area (Å²) < 4.78 is 40.8. The number of nitrogens with zero attached hydrogens (tertiary/aromatic N) is 6. The number of aromatic nitrogens is 5. The smallest absolute Gasteiger partial charge is 0.330 e. The molecule has 2 aliphatic rings. The minimum absolute atomic E-state index is 0.167. The molecule has 3 aromatic heterocycles. The Morgan fingerprint density at radius 1 is 1.30 bits per heavy atom. The van der Waals surface area contributed by atoms with Gasteiger partial charge in [-0.1, -0.05) is 0 Å². The van der Waals surface area contributed by atoms with E-state index >= 15 is 0 Å². The van der Waals surface area contributed by atoms with Crippen molar-refractivity contribution in [3.63, 3.8) is 0 Å². The molecule has 2 aliphatic heterocycles. The van der Waals surface area contributed by atoms with Gasteiger partial charge in [0.1, 0.15) is 5.52 Å². The van der Waals surface area contributed by atoms with E-state index in [9.17, 15) is 22.8 Å². The summed E-state index contributed by atoms with van der Waals surface area (Å²) in [5.74, 6) is -0.101. The van der Waals surface area contributed by atoms with Crippen molar-refractivity contribution >= 4 is 11.4 Å². The Morgan fingerprint density at radius 2 is 2.03 bits per heavy atom. The summed E-state index contributed by atoms with van der Waals surface area (Å²) in [4.78, 5) is 30.9. The molecular formula is C18H18F3N7O2. The van der Waals surface area contributed by atoms with Crippen molar-refractivity contribution in [2.45, 2.75) is 31.6 Å². The zero-order chi connectivity index (χ0) is 21.2. The second-order valence-corrected chi connectivity index (χ2v) is 7.74. The largest absolute Gasteiger partial charge is 0.401 e. The summed E-state index contributed by atoms with van der Waals surface area (Å²) in [6.45, 7) is 1.13. The van der Waals surface area contributed by atoms with Crippen molar-refractivity contribution in [2.24, 2.45) is 0 Å². The number of carbonyl (C=O) groups excluding carboxylic acids is 1. The van der Waals surface area contributed by atoms with E-state index in [1.54, 1.807) is 30.2 Å². The number of piperidine rings is 1. The molecule has 0 spiro atoms. The van der Waals surface area contributed by atoms with Gasteiger partial charge in [-0.15, -0.1) is 5.10 Å². The van der Waals surface area contributed by atoms with Gasteiger partial charge in [0.25, 0.3) is 11.5 Å². The number of amides is 1. The fourth-order valence-electron chi connectivity index (χ4n) is 4.41. The molecule has 2 fully saturated rings. The van der Waals surface area contributed by atoms with E-state index in [1.165, 1.54) is 20.3 Å². The van der Waals surface area contributed by atoms with Gasteiger partial charge in [-0.2, -0.15) is 18.3 Å². The molecule has 12 heteroatoms. The van der Waals surface area contributed by atoms with Crippen LogP contribution in [0.2, 0.25) is 0 Å². The first-order chi connectivity index (χ1) is 14.2. The number of piperazine rings is 1. The SMILES string of the molecule is Cc1c(C(=O)N2C3CC2CN(CC(F)(F)F)C3)cnn1-c1nn2cccc2c(=O)[nH]1. The number of likely N-dealkylation sites (tertiary alicyclic amines) is 2. The third kappa shape index (κ3) is 2.98. The van der Waals surface area contributed by atoms with E-state index in [4.69, 9.17) is 0 Å². The number of halogens is 3. The summed E-state index contributed by atoms with van der Waals surface area (Å²) in [5.41, 5.74) is 0.877. The number of rotatable bonds is 3. The van der Waals surface area contributed by atoms with Crippen molar-refractivity contribution in [1.29, 1.82) is 0 Å². The lowest BCUT2D eigenvalue weighted by molar-refractivity contribution is -0.162. The molecule has 158 valence electrons. The van der Waals surface area contributed by atoms with Crippen LogP contribution in [0.15, 0.2) is 29.3 Å². The van der Waals surface area contributed by atoms with Gasteiger partial charge in [-0.05, 0) is 25.5 Å². The van der Waals surface area contributed by atoms with Crippen LogP contribution in [-0.2, 0) is 0 Å². The van der Waals surface area contributed by atoms with Crippen molar-refractivity contribution < 1.29 is 18.0 Å². The molecule has 2 saturated heterocycles. The van der Waals surface area contributed by atoms with Gasteiger partial charge in [0.05, 0.1) is 24.0 Å². The number of hydrogen-bond acceptors (Lipinski definition) is 5. The molecule has 9 nitrogen and oxygen atoms in total. The van der Waals surface area contributed by atoms with E-state index in [1.807, 2.05) is 0 Å². The van der Waals surface area contributed by atoms with Crippen LogP contribution in [0.5, 0.6) is 0 Å². The standard InChI is InChI=1S/C18H18F3N7O2/c1-10-13(6-22-28(10)17-23-15(29)14-3-2-4-26(14)24-17)16(30)27-11-5-12(27)8-25(7-11)9-18(19,20)21/h2-4,6,11-12H,5,7-9H2,1H3,(H,23,24,29). The number of alkyl halides is 3. The molecule has 2 bridgehead atoms. The predicted octanol–water partition coefficient (Wildman–Crippen LogP) is 0.978. The topological polar surface area (TPSA) is 91.5 Å². The van der Waals surface area contributed by atoms with Crippen LogP contribution in [0.3, 0.4) is 0 Å². The molecule has 0 saturated carbocycles. The Balaban J connectivity index is 1.38. The lowest BCUT2D eigenvalue weighted by Crippen LogP contribution is -2.70. The zero-order valence-corrected chi connectivity index (χ0v) is 15.9. The summed E-state index contributed by atoms with van der Waals surface area (Å²) in [6.07, 6.45) is -0.514. The minimum Gasteiger partial charge on any atom is -0.330 e. The fraction of sp³-hybridized carbons (Fsp3) is 0.444. The number of aromatic amines is 1. The van der Waals surface area contributed by atoms with Gasteiger partial charge in [-0.25, -0.2) is 9.20 Å². The Kier molecular flexibility index (Phi) is 4.04. The Hall–Kier alpha value is -3.15. The third-order valence-corrected chi connectivity index (χ3v) is 5.74. The molecule has 3 aromatic rings. The second-order valence-electron chi connectivity index (χ2n) is 7.74. The average molecular weight is 421 g/mol. The monoisotopic (exact) mass is 421 g/mol. The van der Waals surface area contributed by atoms with Gasteiger partial charge >= 0.3 is 6.18 Å². The maximum atomic E-state index is 13.1. The Bertz CT molecular complexity index is 1180. The summed E-state index contributed by atoms with van der Waals surface area (Å²) in [5, 5.41) is 8.50. The minimum atomic E-state index is -4.25. The van der Waals surface area contributed by atoms with E-state index in [0.29, 0.717) is 23.2 Å². The molecule has 0 radical (unpaired) electrons.